The topological polar surface area (TPSA) is 69.6 Å². The third kappa shape index (κ3) is 1.52. The molecule has 1 rings (SSSR count). The maximum Gasteiger partial charge on any atom is 0.323 e. The summed E-state index contributed by atoms with van der Waals surface area (Å²) < 4.78 is 0. The zero-order valence-electron chi connectivity index (χ0n) is 6.34. The Balaban J connectivity index is 2.40. The van der Waals surface area contributed by atoms with Crippen LogP contribution in [-0.4, -0.2) is 34.9 Å². The fourth-order valence-electron chi connectivity index (χ4n) is 1.29. The summed E-state index contributed by atoms with van der Waals surface area (Å²) in [6.07, 6.45) is 2.33. The summed E-state index contributed by atoms with van der Waals surface area (Å²) >= 11 is 0. The van der Waals surface area contributed by atoms with Gasteiger partial charge >= 0.3 is 5.97 Å². The van der Waals surface area contributed by atoms with E-state index in [9.17, 15) is 4.79 Å². The molecule has 0 heterocycles. The van der Waals surface area contributed by atoms with Gasteiger partial charge in [-0.05, 0) is 19.3 Å². The fraction of sp³-hybridized carbons (Fsp3) is 0.857. The van der Waals surface area contributed by atoms with E-state index in [2.05, 4.69) is 5.32 Å². The minimum absolute atomic E-state index is 0.00493. The number of carboxylic acid groups (broad SMARTS) is 1. The second-order valence-electron chi connectivity index (χ2n) is 2.89. The predicted molar refractivity (Wildman–Crippen MR) is 39.3 cm³/mol. The standard InChI is InChI=1S/C7H13NO3/c9-5-4-8-7(6(10)11)2-1-3-7/h8-9H,1-5H2,(H,10,11). The molecule has 0 aliphatic heterocycles. The average molecular weight is 159 g/mol. The number of aliphatic hydroxyl groups excluding tert-OH is 1. The molecule has 1 aliphatic rings. The van der Waals surface area contributed by atoms with Crippen LogP contribution in [0.25, 0.3) is 0 Å². The summed E-state index contributed by atoms with van der Waals surface area (Å²) in [6.45, 7) is 0.362. The van der Waals surface area contributed by atoms with E-state index in [1.54, 1.807) is 0 Å². The van der Waals surface area contributed by atoms with Crippen LogP contribution in [0.5, 0.6) is 0 Å². The van der Waals surface area contributed by atoms with E-state index in [1.807, 2.05) is 0 Å². The molecule has 0 radical (unpaired) electrons. The van der Waals surface area contributed by atoms with Crippen molar-refractivity contribution in [1.29, 1.82) is 0 Å². The van der Waals surface area contributed by atoms with Gasteiger partial charge in [0, 0.05) is 6.54 Å². The summed E-state index contributed by atoms with van der Waals surface area (Å²) in [5.41, 5.74) is -0.720. The number of aliphatic hydroxyl groups is 1. The van der Waals surface area contributed by atoms with Gasteiger partial charge in [0.05, 0.1) is 6.61 Å². The number of rotatable bonds is 4. The molecule has 0 saturated heterocycles. The Hall–Kier alpha value is -0.610. The first-order valence-electron chi connectivity index (χ1n) is 3.80. The average Bonchev–Trinajstić information content (AvgIpc) is 1.85. The molecule has 11 heavy (non-hydrogen) atoms. The van der Waals surface area contributed by atoms with Gasteiger partial charge in [0.25, 0.3) is 0 Å². The molecule has 64 valence electrons. The Morgan fingerprint density at radius 3 is 2.45 bits per heavy atom. The quantitative estimate of drug-likeness (QED) is 0.521. The van der Waals surface area contributed by atoms with Gasteiger partial charge in [-0.3, -0.25) is 10.1 Å². The highest BCUT2D eigenvalue weighted by molar-refractivity contribution is 5.79. The number of hydrogen-bond acceptors (Lipinski definition) is 3. The Bertz CT molecular complexity index is 154. The van der Waals surface area contributed by atoms with E-state index in [4.69, 9.17) is 10.2 Å². The molecule has 1 aliphatic carbocycles. The number of carboxylic acids is 1. The van der Waals surface area contributed by atoms with Gasteiger partial charge in [0.2, 0.25) is 0 Å². The molecule has 0 bridgehead atoms. The number of β-amino-alcohol motifs (C(OH)–C–C–N with tert-alkyl or cyclic N) is 1. The molecule has 0 atom stereocenters. The highest BCUT2D eigenvalue weighted by Gasteiger charge is 2.43. The number of nitrogens with one attached hydrogen (secondary N) is 1. The molecule has 3 N–H and O–H groups in total. The zero-order chi connectivity index (χ0) is 8.32. The van der Waals surface area contributed by atoms with Crippen molar-refractivity contribution in [2.24, 2.45) is 0 Å². The summed E-state index contributed by atoms with van der Waals surface area (Å²) in [4.78, 5) is 10.7. The van der Waals surface area contributed by atoms with E-state index < -0.39 is 11.5 Å². The highest BCUT2D eigenvalue weighted by Crippen LogP contribution is 2.31. The monoisotopic (exact) mass is 159 g/mol. The molecule has 0 amide bonds. The van der Waals surface area contributed by atoms with Gasteiger partial charge < -0.3 is 10.2 Å². The summed E-state index contributed by atoms with van der Waals surface area (Å²) in [5, 5.41) is 20.1. The van der Waals surface area contributed by atoms with Crippen LogP contribution < -0.4 is 5.32 Å². The molecule has 4 heteroatoms. The maximum absolute atomic E-state index is 10.7. The first kappa shape index (κ1) is 8.49. The fourth-order valence-corrected chi connectivity index (χ4v) is 1.29. The van der Waals surface area contributed by atoms with Crippen LogP contribution in [0, 0.1) is 0 Å². The third-order valence-corrected chi connectivity index (χ3v) is 2.19. The Morgan fingerprint density at radius 1 is 1.55 bits per heavy atom. The lowest BCUT2D eigenvalue weighted by atomic mass is 9.77. The van der Waals surface area contributed by atoms with Crippen molar-refractivity contribution in [2.75, 3.05) is 13.2 Å². The van der Waals surface area contributed by atoms with Crippen molar-refractivity contribution < 1.29 is 15.0 Å². The van der Waals surface area contributed by atoms with Crippen LogP contribution in [-0.2, 0) is 4.79 Å². The lowest BCUT2D eigenvalue weighted by Crippen LogP contribution is -2.57. The Morgan fingerprint density at radius 2 is 2.18 bits per heavy atom. The van der Waals surface area contributed by atoms with Crippen LogP contribution in [0.1, 0.15) is 19.3 Å². The third-order valence-electron chi connectivity index (χ3n) is 2.19. The van der Waals surface area contributed by atoms with Crippen molar-refractivity contribution in [3.63, 3.8) is 0 Å². The first-order chi connectivity index (χ1) is 5.21. The molecular formula is C7H13NO3. The summed E-state index contributed by atoms with van der Waals surface area (Å²) in [6, 6.07) is 0. The van der Waals surface area contributed by atoms with Crippen molar-refractivity contribution >= 4 is 5.97 Å². The number of carbonyl (C=O) groups is 1. The van der Waals surface area contributed by atoms with E-state index in [1.165, 1.54) is 0 Å². The van der Waals surface area contributed by atoms with E-state index >= 15 is 0 Å². The molecule has 0 aromatic heterocycles. The van der Waals surface area contributed by atoms with Crippen LogP contribution >= 0.6 is 0 Å². The van der Waals surface area contributed by atoms with Crippen molar-refractivity contribution in [1.82, 2.24) is 5.32 Å². The van der Waals surface area contributed by atoms with Crippen LogP contribution in [0.15, 0.2) is 0 Å². The first-order valence-corrected chi connectivity index (χ1v) is 3.80. The molecule has 4 nitrogen and oxygen atoms in total. The lowest BCUT2D eigenvalue weighted by molar-refractivity contribution is -0.148. The van der Waals surface area contributed by atoms with Gasteiger partial charge in [0.1, 0.15) is 5.54 Å². The minimum atomic E-state index is -0.794. The van der Waals surface area contributed by atoms with Crippen LogP contribution in [0.3, 0.4) is 0 Å². The van der Waals surface area contributed by atoms with Gasteiger partial charge in [-0.15, -0.1) is 0 Å². The molecule has 1 fully saturated rings. The SMILES string of the molecule is O=C(O)C1(NCCO)CCC1. The Kier molecular flexibility index (Phi) is 2.46. The molecule has 1 saturated carbocycles. The second-order valence-corrected chi connectivity index (χ2v) is 2.89. The van der Waals surface area contributed by atoms with Crippen LogP contribution in [0.4, 0.5) is 0 Å². The molecule has 0 unspecified atom stereocenters. The zero-order valence-corrected chi connectivity index (χ0v) is 6.34. The normalized spacial score (nSPS) is 20.8. The van der Waals surface area contributed by atoms with Crippen molar-refractivity contribution in [2.45, 2.75) is 24.8 Å². The smallest absolute Gasteiger partial charge is 0.323 e. The number of aliphatic carboxylic acids is 1. The second kappa shape index (κ2) is 3.19. The Labute approximate surface area is 65.2 Å². The highest BCUT2D eigenvalue weighted by atomic mass is 16.4. The molecular weight excluding hydrogens is 146 g/mol. The maximum atomic E-state index is 10.7. The van der Waals surface area contributed by atoms with E-state index in [-0.39, 0.29) is 6.61 Å². The van der Waals surface area contributed by atoms with Gasteiger partial charge in [-0.25, -0.2) is 0 Å². The number of hydrogen-bond donors (Lipinski definition) is 3. The predicted octanol–water partition coefficient (Wildman–Crippen LogP) is -0.424. The van der Waals surface area contributed by atoms with E-state index in [0.717, 1.165) is 6.42 Å². The summed E-state index contributed by atoms with van der Waals surface area (Å²) in [7, 11) is 0. The molecule has 0 aromatic carbocycles. The molecule has 0 aromatic rings. The van der Waals surface area contributed by atoms with E-state index in [0.29, 0.717) is 19.4 Å². The largest absolute Gasteiger partial charge is 0.480 e. The van der Waals surface area contributed by atoms with Crippen molar-refractivity contribution in [3.05, 3.63) is 0 Å². The van der Waals surface area contributed by atoms with Crippen LogP contribution in [0.2, 0.25) is 0 Å². The lowest BCUT2D eigenvalue weighted by Gasteiger charge is -2.38. The van der Waals surface area contributed by atoms with Crippen molar-refractivity contribution in [3.8, 4) is 0 Å². The summed E-state index contributed by atoms with van der Waals surface area (Å²) in [5.74, 6) is -0.794. The minimum Gasteiger partial charge on any atom is -0.480 e. The van der Waals surface area contributed by atoms with Gasteiger partial charge in [-0.2, -0.15) is 0 Å². The van der Waals surface area contributed by atoms with Gasteiger partial charge in [-0.1, -0.05) is 0 Å². The van der Waals surface area contributed by atoms with Gasteiger partial charge in [0.15, 0.2) is 0 Å². The molecule has 0 spiro atoms.